The first-order chi connectivity index (χ1) is 4.63. The Labute approximate surface area is 59.2 Å². The summed E-state index contributed by atoms with van der Waals surface area (Å²) >= 11 is 0. The summed E-state index contributed by atoms with van der Waals surface area (Å²) in [4.78, 5) is 14.9. The summed E-state index contributed by atoms with van der Waals surface area (Å²) in [5.41, 5.74) is 5.30. The average molecular weight is 148 g/mol. The molecule has 0 spiro atoms. The molecule has 2 unspecified atom stereocenters. The third-order valence-electron chi connectivity index (χ3n) is 1.19. The van der Waals surface area contributed by atoms with Crippen molar-refractivity contribution in [3.05, 3.63) is 0 Å². The van der Waals surface area contributed by atoms with Crippen LogP contribution in [0.1, 0.15) is 6.92 Å². The van der Waals surface area contributed by atoms with Crippen molar-refractivity contribution in [2.75, 3.05) is 7.11 Å². The third kappa shape index (κ3) is 2.30. The van der Waals surface area contributed by atoms with Crippen molar-refractivity contribution in [1.29, 1.82) is 0 Å². The SMILES string of the molecule is COC(=O)C(N)C(C)ON. The van der Waals surface area contributed by atoms with E-state index in [0.717, 1.165) is 0 Å². The van der Waals surface area contributed by atoms with Gasteiger partial charge in [-0.1, -0.05) is 0 Å². The number of rotatable bonds is 3. The van der Waals surface area contributed by atoms with E-state index >= 15 is 0 Å². The number of ether oxygens (including phenoxy) is 1. The molecule has 2 atom stereocenters. The standard InChI is InChI=1S/C5H12N2O3/c1-3(10-7)4(6)5(8)9-2/h3-4H,6-7H2,1-2H3. The van der Waals surface area contributed by atoms with Gasteiger partial charge in [0.15, 0.2) is 0 Å². The van der Waals surface area contributed by atoms with E-state index in [9.17, 15) is 4.79 Å². The van der Waals surface area contributed by atoms with Gasteiger partial charge in [-0.3, -0.25) is 9.63 Å². The maximum absolute atomic E-state index is 10.6. The topological polar surface area (TPSA) is 87.6 Å². The summed E-state index contributed by atoms with van der Waals surface area (Å²) in [5.74, 6) is 4.25. The summed E-state index contributed by atoms with van der Waals surface area (Å²) in [6.45, 7) is 1.58. The molecule has 0 amide bonds. The van der Waals surface area contributed by atoms with Crippen molar-refractivity contribution < 1.29 is 14.4 Å². The quantitative estimate of drug-likeness (QED) is 0.386. The van der Waals surface area contributed by atoms with E-state index in [1.165, 1.54) is 7.11 Å². The van der Waals surface area contributed by atoms with E-state index in [1.54, 1.807) is 6.92 Å². The lowest BCUT2D eigenvalue weighted by Gasteiger charge is -2.14. The number of carbonyl (C=O) groups excluding carboxylic acids is 1. The minimum atomic E-state index is -0.810. The van der Waals surface area contributed by atoms with Crippen molar-refractivity contribution >= 4 is 5.97 Å². The van der Waals surface area contributed by atoms with Crippen LogP contribution in [-0.2, 0) is 14.4 Å². The minimum Gasteiger partial charge on any atom is -0.468 e. The van der Waals surface area contributed by atoms with Crippen LogP contribution >= 0.6 is 0 Å². The number of nitrogens with two attached hydrogens (primary N) is 2. The number of hydrogen-bond acceptors (Lipinski definition) is 5. The summed E-state index contributed by atoms with van der Waals surface area (Å²) in [7, 11) is 1.26. The van der Waals surface area contributed by atoms with Crippen molar-refractivity contribution in [1.82, 2.24) is 0 Å². The lowest BCUT2D eigenvalue weighted by Crippen LogP contribution is -2.43. The van der Waals surface area contributed by atoms with Crippen LogP contribution in [0, 0.1) is 0 Å². The Bertz CT molecular complexity index is 117. The van der Waals surface area contributed by atoms with E-state index in [4.69, 9.17) is 11.6 Å². The van der Waals surface area contributed by atoms with Gasteiger partial charge in [0.2, 0.25) is 0 Å². The van der Waals surface area contributed by atoms with E-state index < -0.39 is 18.1 Å². The summed E-state index contributed by atoms with van der Waals surface area (Å²) in [6, 6.07) is -0.810. The fourth-order valence-electron chi connectivity index (χ4n) is 0.412. The number of hydrogen-bond donors (Lipinski definition) is 2. The highest BCUT2D eigenvalue weighted by Crippen LogP contribution is 1.93. The maximum atomic E-state index is 10.6. The predicted octanol–water partition coefficient (Wildman–Crippen LogP) is -1.23. The second-order valence-corrected chi connectivity index (χ2v) is 1.89. The molecule has 10 heavy (non-hydrogen) atoms. The summed E-state index contributed by atoms with van der Waals surface area (Å²) < 4.78 is 4.34. The number of esters is 1. The Balaban J connectivity index is 3.81. The molecule has 0 aliphatic carbocycles. The minimum absolute atomic E-state index is 0.521. The van der Waals surface area contributed by atoms with Crippen LogP contribution < -0.4 is 11.6 Å². The largest absolute Gasteiger partial charge is 0.468 e. The van der Waals surface area contributed by atoms with Crippen molar-refractivity contribution in [2.24, 2.45) is 11.6 Å². The van der Waals surface area contributed by atoms with E-state index in [-0.39, 0.29) is 0 Å². The van der Waals surface area contributed by atoms with Gasteiger partial charge in [0.25, 0.3) is 0 Å². The van der Waals surface area contributed by atoms with Gasteiger partial charge >= 0.3 is 5.97 Å². The highest BCUT2D eigenvalue weighted by molar-refractivity contribution is 5.75. The Morgan fingerprint density at radius 2 is 2.10 bits per heavy atom. The molecule has 0 saturated carbocycles. The van der Waals surface area contributed by atoms with Crippen molar-refractivity contribution in [3.8, 4) is 0 Å². The zero-order valence-electron chi connectivity index (χ0n) is 6.03. The Hall–Kier alpha value is -0.650. The van der Waals surface area contributed by atoms with Crippen LogP contribution in [0.15, 0.2) is 0 Å². The monoisotopic (exact) mass is 148 g/mol. The van der Waals surface area contributed by atoms with E-state index in [0.29, 0.717) is 0 Å². The first-order valence-corrected chi connectivity index (χ1v) is 2.82. The molecule has 0 aromatic rings. The molecule has 0 fully saturated rings. The van der Waals surface area contributed by atoms with Crippen LogP contribution in [0.5, 0.6) is 0 Å². The lowest BCUT2D eigenvalue weighted by molar-refractivity contribution is -0.145. The second-order valence-electron chi connectivity index (χ2n) is 1.89. The van der Waals surface area contributed by atoms with Gasteiger partial charge < -0.3 is 10.5 Å². The smallest absolute Gasteiger partial charge is 0.325 e. The average Bonchev–Trinajstić information content (AvgIpc) is 2.00. The summed E-state index contributed by atoms with van der Waals surface area (Å²) in [5, 5.41) is 0. The zero-order chi connectivity index (χ0) is 8.15. The highest BCUT2D eigenvalue weighted by Gasteiger charge is 2.21. The molecule has 0 aromatic carbocycles. The molecule has 5 nitrogen and oxygen atoms in total. The van der Waals surface area contributed by atoms with Gasteiger partial charge in [0.1, 0.15) is 12.1 Å². The van der Waals surface area contributed by atoms with Crippen LogP contribution in [-0.4, -0.2) is 25.2 Å². The molecule has 60 valence electrons. The fourth-order valence-corrected chi connectivity index (χ4v) is 0.412. The van der Waals surface area contributed by atoms with E-state index in [2.05, 4.69) is 9.57 Å². The molecule has 0 saturated heterocycles. The van der Waals surface area contributed by atoms with Gasteiger partial charge in [-0.15, -0.1) is 0 Å². The molecule has 0 aliphatic heterocycles. The second kappa shape index (κ2) is 4.21. The van der Waals surface area contributed by atoms with Gasteiger partial charge in [0, 0.05) is 0 Å². The Morgan fingerprint density at radius 1 is 1.60 bits per heavy atom. The number of methoxy groups -OCH3 is 1. The fraction of sp³-hybridized carbons (Fsp3) is 0.800. The van der Waals surface area contributed by atoms with Crippen LogP contribution in [0.2, 0.25) is 0 Å². The van der Waals surface area contributed by atoms with Crippen LogP contribution in [0.25, 0.3) is 0 Å². The van der Waals surface area contributed by atoms with Crippen molar-refractivity contribution in [2.45, 2.75) is 19.1 Å². The Kier molecular flexibility index (Phi) is 3.94. The molecule has 0 aliphatic rings. The zero-order valence-corrected chi connectivity index (χ0v) is 6.03. The first-order valence-electron chi connectivity index (χ1n) is 2.82. The molecule has 0 bridgehead atoms. The molecular weight excluding hydrogens is 136 g/mol. The lowest BCUT2D eigenvalue weighted by atomic mass is 10.2. The predicted molar refractivity (Wildman–Crippen MR) is 34.7 cm³/mol. The summed E-state index contributed by atoms with van der Waals surface area (Å²) in [6.07, 6.45) is -0.521. The highest BCUT2D eigenvalue weighted by atomic mass is 16.6. The maximum Gasteiger partial charge on any atom is 0.325 e. The van der Waals surface area contributed by atoms with Gasteiger partial charge in [-0.2, -0.15) is 0 Å². The van der Waals surface area contributed by atoms with Gasteiger partial charge in [-0.25, -0.2) is 5.90 Å². The molecule has 0 aromatic heterocycles. The van der Waals surface area contributed by atoms with Gasteiger partial charge in [-0.05, 0) is 6.92 Å². The Morgan fingerprint density at radius 3 is 2.40 bits per heavy atom. The van der Waals surface area contributed by atoms with Crippen LogP contribution in [0.4, 0.5) is 0 Å². The molecular formula is C5H12N2O3. The molecule has 0 radical (unpaired) electrons. The van der Waals surface area contributed by atoms with E-state index in [1.807, 2.05) is 0 Å². The van der Waals surface area contributed by atoms with Crippen molar-refractivity contribution in [3.63, 3.8) is 0 Å². The third-order valence-corrected chi connectivity index (χ3v) is 1.19. The van der Waals surface area contributed by atoms with Gasteiger partial charge in [0.05, 0.1) is 7.11 Å². The van der Waals surface area contributed by atoms with Crippen LogP contribution in [0.3, 0.4) is 0 Å². The first kappa shape index (κ1) is 9.35. The molecule has 0 heterocycles. The normalized spacial score (nSPS) is 16.0. The molecule has 5 heteroatoms. The number of carbonyl (C=O) groups is 1. The molecule has 4 N–H and O–H groups in total. The molecule has 0 rings (SSSR count).